The first-order valence-electron chi connectivity index (χ1n) is 7.20. The van der Waals surface area contributed by atoms with E-state index in [2.05, 4.69) is 5.32 Å². The van der Waals surface area contributed by atoms with Crippen molar-refractivity contribution in [3.8, 4) is 0 Å². The van der Waals surface area contributed by atoms with E-state index >= 15 is 0 Å². The number of aliphatic carboxylic acids is 1. The first-order chi connectivity index (χ1) is 9.00. The number of hydrogen-bond acceptors (Lipinski definition) is 3. The summed E-state index contributed by atoms with van der Waals surface area (Å²) in [4.78, 5) is 24.8. The Labute approximate surface area is 115 Å². The molecule has 0 unspecified atom stereocenters. The number of hydrogen-bond donors (Lipinski definition) is 2. The highest BCUT2D eigenvalue weighted by Crippen LogP contribution is 2.35. The molecule has 1 rings (SSSR count). The molecule has 0 aromatic rings. The summed E-state index contributed by atoms with van der Waals surface area (Å²) in [5.74, 6) is -0.789. The predicted octanol–water partition coefficient (Wildman–Crippen LogP) is 1.62. The first kappa shape index (κ1) is 16.0. The second-order valence-electron chi connectivity index (χ2n) is 5.56. The lowest BCUT2D eigenvalue weighted by molar-refractivity contribution is -0.142. The summed E-state index contributed by atoms with van der Waals surface area (Å²) in [5, 5.41) is 12.0. The van der Waals surface area contributed by atoms with Gasteiger partial charge in [0.15, 0.2) is 0 Å². The Morgan fingerprint density at radius 2 is 1.89 bits per heavy atom. The third-order valence-electron chi connectivity index (χ3n) is 4.03. The number of nitrogens with zero attached hydrogens (tertiary/aromatic N) is 1. The Morgan fingerprint density at radius 3 is 2.42 bits per heavy atom. The maximum absolute atomic E-state index is 11.8. The maximum atomic E-state index is 11.8. The molecule has 0 heterocycles. The summed E-state index contributed by atoms with van der Waals surface area (Å²) in [7, 11) is 1.87. The van der Waals surface area contributed by atoms with Crippen molar-refractivity contribution in [1.29, 1.82) is 0 Å². The van der Waals surface area contributed by atoms with E-state index in [4.69, 9.17) is 5.11 Å². The van der Waals surface area contributed by atoms with Crippen LogP contribution in [0.15, 0.2) is 0 Å². The summed E-state index contributed by atoms with van der Waals surface area (Å²) in [6, 6.07) is 0. The number of amides is 1. The Balaban J connectivity index is 2.63. The van der Waals surface area contributed by atoms with Gasteiger partial charge in [0.05, 0.1) is 13.0 Å². The van der Waals surface area contributed by atoms with Crippen molar-refractivity contribution in [2.75, 3.05) is 20.1 Å². The van der Waals surface area contributed by atoms with Crippen LogP contribution in [-0.2, 0) is 9.59 Å². The van der Waals surface area contributed by atoms with E-state index in [1.54, 1.807) is 0 Å². The lowest BCUT2D eigenvalue weighted by Crippen LogP contribution is -2.52. The lowest BCUT2D eigenvalue weighted by Gasteiger charge is -2.43. The molecule has 0 aliphatic heterocycles. The second-order valence-corrected chi connectivity index (χ2v) is 5.56. The van der Waals surface area contributed by atoms with Crippen LogP contribution < -0.4 is 5.32 Å². The quantitative estimate of drug-likeness (QED) is 0.737. The van der Waals surface area contributed by atoms with Gasteiger partial charge in [0, 0.05) is 12.1 Å². The van der Waals surface area contributed by atoms with Crippen LogP contribution in [0.4, 0.5) is 0 Å². The molecule has 0 spiro atoms. The molecule has 1 amide bonds. The summed E-state index contributed by atoms with van der Waals surface area (Å²) < 4.78 is 0. The number of carboxylic acids is 1. The minimum absolute atomic E-state index is 0.0142. The maximum Gasteiger partial charge on any atom is 0.305 e. The predicted molar refractivity (Wildman–Crippen MR) is 74.0 cm³/mol. The lowest BCUT2D eigenvalue weighted by atomic mass is 9.78. The number of carboxylic acid groups (broad SMARTS) is 1. The van der Waals surface area contributed by atoms with Crippen LogP contribution in [-0.4, -0.2) is 47.6 Å². The molecular formula is C14H26N2O3. The van der Waals surface area contributed by atoms with Gasteiger partial charge in [-0.2, -0.15) is 0 Å². The minimum atomic E-state index is -0.775. The van der Waals surface area contributed by atoms with E-state index in [0.717, 1.165) is 38.5 Å². The molecule has 0 saturated heterocycles. The zero-order valence-electron chi connectivity index (χ0n) is 12.1. The molecule has 0 radical (unpaired) electrons. The van der Waals surface area contributed by atoms with Gasteiger partial charge in [0.1, 0.15) is 0 Å². The molecule has 0 atom stereocenters. The van der Waals surface area contributed by atoms with E-state index in [0.29, 0.717) is 6.54 Å². The van der Waals surface area contributed by atoms with Crippen LogP contribution in [0.2, 0.25) is 0 Å². The fourth-order valence-electron chi connectivity index (χ4n) is 2.89. The van der Waals surface area contributed by atoms with Crippen LogP contribution in [0.3, 0.4) is 0 Å². The standard InChI is InChI=1S/C14H26N2O3/c1-3-9-15-12(17)11-16(2)14(10-13(18)19)7-5-4-6-8-14/h3-11H2,1-2H3,(H,15,17)(H,18,19). The van der Waals surface area contributed by atoms with Crippen molar-refractivity contribution in [2.24, 2.45) is 0 Å². The molecule has 2 N–H and O–H groups in total. The first-order valence-corrected chi connectivity index (χ1v) is 7.20. The van der Waals surface area contributed by atoms with Gasteiger partial charge in [0.2, 0.25) is 5.91 Å². The highest BCUT2D eigenvalue weighted by molar-refractivity contribution is 5.78. The summed E-state index contributed by atoms with van der Waals surface area (Å²) >= 11 is 0. The monoisotopic (exact) mass is 270 g/mol. The molecule has 0 aromatic heterocycles. The van der Waals surface area contributed by atoms with Gasteiger partial charge in [-0.15, -0.1) is 0 Å². The van der Waals surface area contributed by atoms with E-state index < -0.39 is 5.97 Å². The molecule has 0 aromatic carbocycles. The van der Waals surface area contributed by atoms with Gasteiger partial charge >= 0.3 is 5.97 Å². The third-order valence-corrected chi connectivity index (χ3v) is 4.03. The number of carbonyl (C=O) groups excluding carboxylic acids is 1. The Bertz CT molecular complexity index is 312. The average molecular weight is 270 g/mol. The van der Waals surface area contributed by atoms with Gasteiger partial charge in [-0.25, -0.2) is 0 Å². The molecule has 0 bridgehead atoms. The molecule has 1 saturated carbocycles. The topological polar surface area (TPSA) is 69.6 Å². The molecule has 19 heavy (non-hydrogen) atoms. The molecule has 5 nitrogen and oxygen atoms in total. The fraction of sp³-hybridized carbons (Fsp3) is 0.857. The van der Waals surface area contributed by atoms with Gasteiger partial charge < -0.3 is 10.4 Å². The fourth-order valence-corrected chi connectivity index (χ4v) is 2.89. The molecule has 1 aliphatic carbocycles. The van der Waals surface area contributed by atoms with Crippen LogP contribution in [0.1, 0.15) is 51.9 Å². The van der Waals surface area contributed by atoms with Crippen LogP contribution in [0.25, 0.3) is 0 Å². The van der Waals surface area contributed by atoms with Crippen molar-refractivity contribution in [3.63, 3.8) is 0 Å². The normalized spacial score (nSPS) is 18.3. The summed E-state index contributed by atoms with van der Waals surface area (Å²) in [6.07, 6.45) is 6.05. The molecule has 1 aliphatic rings. The number of carbonyl (C=O) groups is 2. The van der Waals surface area contributed by atoms with E-state index in [1.165, 1.54) is 0 Å². The third kappa shape index (κ3) is 4.82. The van der Waals surface area contributed by atoms with Crippen LogP contribution in [0.5, 0.6) is 0 Å². The van der Waals surface area contributed by atoms with Gasteiger partial charge in [-0.1, -0.05) is 26.2 Å². The van der Waals surface area contributed by atoms with Crippen molar-refractivity contribution in [1.82, 2.24) is 10.2 Å². The summed E-state index contributed by atoms with van der Waals surface area (Å²) in [5.41, 5.74) is -0.340. The van der Waals surface area contributed by atoms with Gasteiger partial charge in [0.25, 0.3) is 0 Å². The van der Waals surface area contributed by atoms with Crippen LogP contribution >= 0.6 is 0 Å². The van der Waals surface area contributed by atoms with Crippen molar-refractivity contribution >= 4 is 11.9 Å². The summed E-state index contributed by atoms with van der Waals surface area (Å²) in [6.45, 7) is 2.98. The molecule has 110 valence electrons. The highest BCUT2D eigenvalue weighted by atomic mass is 16.4. The second kappa shape index (κ2) is 7.48. The SMILES string of the molecule is CCCNC(=O)CN(C)C1(CC(=O)O)CCCCC1. The largest absolute Gasteiger partial charge is 0.481 e. The smallest absolute Gasteiger partial charge is 0.305 e. The number of nitrogens with one attached hydrogen (secondary N) is 1. The van der Waals surface area contributed by atoms with Crippen molar-refractivity contribution in [2.45, 2.75) is 57.4 Å². The van der Waals surface area contributed by atoms with E-state index in [1.807, 2.05) is 18.9 Å². The molecule has 5 heteroatoms. The van der Waals surface area contributed by atoms with Crippen molar-refractivity contribution in [3.05, 3.63) is 0 Å². The Hall–Kier alpha value is -1.10. The van der Waals surface area contributed by atoms with Gasteiger partial charge in [-0.3, -0.25) is 14.5 Å². The van der Waals surface area contributed by atoms with E-state index in [9.17, 15) is 9.59 Å². The minimum Gasteiger partial charge on any atom is -0.481 e. The average Bonchev–Trinajstić information content (AvgIpc) is 2.36. The Morgan fingerprint density at radius 1 is 1.26 bits per heavy atom. The number of rotatable bonds is 7. The number of likely N-dealkylation sites (N-methyl/N-ethyl adjacent to an activating group) is 1. The zero-order valence-corrected chi connectivity index (χ0v) is 12.1. The van der Waals surface area contributed by atoms with Crippen LogP contribution in [0, 0.1) is 0 Å². The zero-order chi connectivity index (χ0) is 14.3. The highest BCUT2D eigenvalue weighted by Gasteiger charge is 2.38. The van der Waals surface area contributed by atoms with Gasteiger partial charge in [-0.05, 0) is 26.3 Å². The molecule has 1 fully saturated rings. The Kier molecular flexibility index (Phi) is 6.28. The van der Waals surface area contributed by atoms with Crippen molar-refractivity contribution < 1.29 is 14.7 Å². The molecular weight excluding hydrogens is 244 g/mol. The van der Waals surface area contributed by atoms with E-state index in [-0.39, 0.29) is 24.4 Å².